The van der Waals surface area contributed by atoms with Gasteiger partial charge < -0.3 is 16.2 Å². The zero-order valence-electron chi connectivity index (χ0n) is 10.4. The molecule has 0 aromatic carbocycles. The molecule has 0 bridgehead atoms. The average molecular weight is 270 g/mol. The minimum Gasteiger partial charge on any atom is -0.480 e. The first-order valence-electron chi connectivity index (χ1n) is 5.41. The molecule has 4 N–H and O–H groups in total. The van der Waals surface area contributed by atoms with Gasteiger partial charge in [-0.1, -0.05) is 0 Å². The zero-order chi connectivity index (χ0) is 14.6. The third-order valence-electron chi connectivity index (χ3n) is 2.41. The summed E-state index contributed by atoms with van der Waals surface area (Å²) < 4.78 is 1.12. The lowest BCUT2D eigenvalue weighted by Gasteiger charge is -2.11. The summed E-state index contributed by atoms with van der Waals surface area (Å²) >= 11 is 0. The quantitative estimate of drug-likeness (QED) is 0.532. The smallest absolute Gasteiger partial charge is 0.325 e. The highest BCUT2D eigenvalue weighted by molar-refractivity contribution is 5.84. The lowest BCUT2D eigenvalue weighted by Crippen LogP contribution is -2.39. The summed E-state index contributed by atoms with van der Waals surface area (Å²) in [6.07, 6.45) is -0.248. The molecule has 0 spiro atoms. The van der Waals surface area contributed by atoms with Crippen LogP contribution in [-0.2, 0) is 20.8 Å². The number of carbonyl (C=O) groups excluding carboxylic acids is 2. The van der Waals surface area contributed by atoms with Gasteiger partial charge in [-0.3, -0.25) is 14.4 Å². The number of primary amides is 1. The molecule has 1 heterocycles. The molecule has 19 heavy (non-hydrogen) atoms. The highest BCUT2D eigenvalue weighted by Crippen LogP contribution is 2.05. The summed E-state index contributed by atoms with van der Waals surface area (Å²) in [5.41, 5.74) is 5.11. The zero-order valence-corrected chi connectivity index (χ0v) is 10.4. The van der Waals surface area contributed by atoms with E-state index >= 15 is 0 Å². The fraction of sp³-hybridized carbons (Fsp3) is 0.556. The molecule has 1 aromatic rings. The number of carboxylic acids is 1. The largest absolute Gasteiger partial charge is 0.480 e. The monoisotopic (exact) mass is 270 g/mol. The third-order valence-corrected chi connectivity index (χ3v) is 2.41. The topological polar surface area (TPSA) is 153 Å². The first-order valence-corrected chi connectivity index (χ1v) is 5.41. The van der Waals surface area contributed by atoms with Gasteiger partial charge in [-0.05, 0) is 24.3 Å². The third kappa shape index (κ3) is 3.72. The van der Waals surface area contributed by atoms with E-state index in [1.807, 2.05) is 0 Å². The molecule has 104 valence electrons. The second-order valence-electron chi connectivity index (χ2n) is 3.92. The van der Waals surface area contributed by atoms with Crippen LogP contribution in [0.1, 0.15) is 25.7 Å². The van der Waals surface area contributed by atoms with E-state index < -0.39 is 29.9 Å². The van der Waals surface area contributed by atoms with Crippen molar-refractivity contribution in [1.82, 2.24) is 25.5 Å². The first-order chi connectivity index (χ1) is 8.82. The van der Waals surface area contributed by atoms with E-state index in [0.717, 1.165) is 4.68 Å². The molecule has 1 rings (SSSR count). The fourth-order valence-corrected chi connectivity index (χ4v) is 1.25. The van der Waals surface area contributed by atoms with Crippen molar-refractivity contribution in [2.24, 2.45) is 5.73 Å². The van der Waals surface area contributed by atoms with Crippen LogP contribution >= 0.6 is 0 Å². The van der Waals surface area contributed by atoms with Crippen molar-refractivity contribution in [2.75, 3.05) is 0 Å². The lowest BCUT2D eigenvalue weighted by atomic mass is 10.3. The summed E-state index contributed by atoms with van der Waals surface area (Å²) in [6.45, 7) is 2.81. The Labute approximate surface area is 108 Å². The van der Waals surface area contributed by atoms with Gasteiger partial charge in [0.25, 0.3) is 0 Å². The summed E-state index contributed by atoms with van der Waals surface area (Å²) in [6, 6.07) is -1.82. The predicted molar refractivity (Wildman–Crippen MR) is 60.7 cm³/mol. The second-order valence-corrected chi connectivity index (χ2v) is 3.92. The molecule has 0 radical (unpaired) electrons. The van der Waals surface area contributed by atoms with E-state index in [9.17, 15) is 14.4 Å². The normalized spacial score (nSPS) is 13.6. The summed E-state index contributed by atoms with van der Waals surface area (Å²) in [7, 11) is 0. The number of hydrogen-bond donors (Lipinski definition) is 3. The number of carbonyl (C=O) groups is 3. The van der Waals surface area contributed by atoms with Gasteiger partial charge in [0, 0.05) is 0 Å². The molecule has 0 aliphatic heterocycles. The SMILES string of the molecule is CC(NC(=O)Cc1nnnn1C(C)C(N)=O)C(=O)O. The Morgan fingerprint density at radius 2 is 2.05 bits per heavy atom. The van der Waals surface area contributed by atoms with Gasteiger partial charge in [0.15, 0.2) is 5.82 Å². The molecule has 2 unspecified atom stereocenters. The van der Waals surface area contributed by atoms with E-state index in [2.05, 4.69) is 20.8 Å². The van der Waals surface area contributed by atoms with Crippen molar-refractivity contribution in [3.63, 3.8) is 0 Å². The number of aliphatic carboxylic acids is 1. The van der Waals surface area contributed by atoms with Crippen LogP contribution in [0, 0.1) is 0 Å². The molecule has 0 saturated carbocycles. The van der Waals surface area contributed by atoms with Gasteiger partial charge in [-0.25, -0.2) is 4.68 Å². The molecule has 0 aliphatic rings. The maximum atomic E-state index is 11.6. The van der Waals surface area contributed by atoms with Crippen molar-refractivity contribution in [2.45, 2.75) is 32.4 Å². The van der Waals surface area contributed by atoms with Crippen LogP contribution < -0.4 is 11.1 Å². The van der Waals surface area contributed by atoms with Crippen LogP contribution in [-0.4, -0.2) is 49.1 Å². The van der Waals surface area contributed by atoms with Crippen molar-refractivity contribution < 1.29 is 19.5 Å². The number of nitrogens with two attached hydrogens (primary N) is 1. The van der Waals surface area contributed by atoms with Crippen LogP contribution in [0.4, 0.5) is 0 Å². The first kappa shape index (κ1) is 14.5. The number of rotatable bonds is 6. The Bertz CT molecular complexity index is 499. The number of hydrogen-bond acceptors (Lipinski definition) is 6. The van der Waals surface area contributed by atoms with Gasteiger partial charge in [-0.2, -0.15) is 0 Å². The van der Waals surface area contributed by atoms with E-state index in [0.29, 0.717) is 0 Å². The number of carboxylic acid groups (broad SMARTS) is 1. The Hall–Kier alpha value is -2.52. The highest BCUT2D eigenvalue weighted by Gasteiger charge is 2.21. The minimum absolute atomic E-state index is 0.126. The molecule has 10 nitrogen and oxygen atoms in total. The fourth-order valence-electron chi connectivity index (χ4n) is 1.25. The van der Waals surface area contributed by atoms with Crippen molar-refractivity contribution in [1.29, 1.82) is 0 Å². The molecular weight excluding hydrogens is 256 g/mol. The van der Waals surface area contributed by atoms with E-state index in [-0.39, 0.29) is 12.2 Å². The predicted octanol–water partition coefficient (Wildman–Crippen LogP) is -2.15. The highest BCUT2D eigenvalue weighted by atomic mass is 16.4. The molecule has 0 saturated heterocycles. The molecular formula is C9H14N6O4. The van der Waals surface area contributed by atoms with Crippen molar-refractivity contribution in [3.8, 4) is 0 Å². The molecule has 0 fully saturated rings. The maximum absolute atomic E-state index is 11.6. The van der Waals surface area contributed by atoms with Gasteiger partial charge >= 0.3 is 5.97 Å². The van der Waals surface area contributed by atoms with Crippen LogP contribution in [0.3, 0.4) is 0 Å². The molecule has 2 atom stereocenters. The Kier molecular flexibility index (Phi) is 4.51. The average Bonchev–Trinajstić information content (AvgIpc) is 2.75. The lowest BCUT2D eigenvalue weighted by molar-refractivity contribution is -0.141. The van der Waals surface area contributed by atoms with Gasteiger partial charge in [0.05, 0.1) is 6.42 Å². The van der Waals surface area contributed by atoms with Crippen LogP contribution in [0.5, 0.6) is 0 Å². The van der Waals surface area contributed by atoms with Crippen LogP contribution in [0.15, 0.2) is 0 Å². The van der Waals surface area contributed by atoms with E-state index in [1.54, 1.807) is 0 Å². The standard InChI is InChI=1S/C9H14N6O4/c1-4(9(18)19)11-7(16)3-6-12-13-14-15(6)5(2)8(10)17/h4-5H,3H2,1-2H3,(H2,10,17)(H,11,16)(H,18,19). The minimum atomic E-state index is -1.15. The van der Waals surface area contributed by atoms with E-state index in [4.69, 9.17) is 10.8 Å². The van der Waals surface area contributed by atoms with Gasteiger partial charge in [0.2, 0.25) is 11.8 Å². The van der Waals surface area contributed by atoms with E-state index in [1.165, 1.54) is 13.8 Å². The Balaban J connectivity index is 2.73. The summed E-state index contributed by atoms with van der Waals surface area (Å²) in [5, 5.41) is 21.4. The Morgan fingerprint density at radius 3 is 2.58 bits per heavy atom. The second kappa shape index (κ2) is 5.89. The molecule has 2 amide bonds. The van der Waals surface area contributed by atoms with Gasteiger partial charge in [0.1, 0.15) is 12.1 Å². The number of tetrazole rings is 1. The number of amides is 2. The maximum Gasteiger partial charge on any atom is 0.325 e. The molecule has 0 aliphatic carbocycles. The molecule has 10 heteroatoms. The molecule has 1 aromatic heterocycles. The summed E-state index contributed by atoms with van der Waals surface area (Å²) in [5.74, 6) is -2.24. The van der Waals surface area contributed by atoms with Crippen molar-refractivity contribution in [3.05, 3.63) is 5.82 Å². The number of aromatic nitrogens is 4. The summed E-state index contributed by atoms with van der Waals surface area (Å²) in [4.78, 5) is 33.2. The van der Waals surface area contributed by atoms with Crippen molar-refractivity contribution >= 4 is 17.8 Å². The van der Waals surface area contributed by atoms with Crippen LogP contribution in [0.2, 0.25) is 0 Å². The Morgan fingerprint density at radius 1 is 1.42 bits per heavy atom. The number of nitrogens with one attached hydrogen (secondary N) is 1. The van der Waals surface area contributed by atoms with Gasteiger partial charge in [-0.15, -0.1) is 5.10 Å². The number of nitrogens with zero attached hydrogens (tertiary/aromatic N) is 4. The van der Waals surface area contributed by atoms with Crippen LogP contribution in [0.25, 0.3) is 0 Å².